The van der Waals surface area contributed by atoms with Crippen LogP contribution in [-0.2, 0) is 0 Å². The van der Waals surface area contributed by atoms with Crippen molar-refractivity contribution in [2.24, 2.45) is 0 Å². The Morgan fingerprint density at radius 3 is 2.75 bits per heavy atom. The number of hydrogen-bond acceptors (Lipinski definition) is 2. The van der Waals surface area contributed by atoms with Crippen LogP contribution >= 0.6 is 0 Å². The van der Waals surface area contributed by atoms with Crippen molar-refractivity contribution in [2.75, 3.05) is 19.7 Å². The summed E-state index contributed by atoms with van der Waals surface area (Å²) in [7, 11) is 0. The lowest BCUT2D eigenvalue weighted by molar-refractivity contribution is 0.0237. The zero-order valence-electron chi connectivity index (χ0n) is 7.26. The Bertz CT molecular complexity index is 154. The smallest absolute Gasteiger partial charge is 0.251 e. The first-order chi connectivity index (χ1) is 5.58. The van der Waals surface area contributed by atoms with Gasteiger partial charge in [0.05, 0.1) is 13.2 Å². The number of alkyl halides is 2. The Labute approximate surface area is 71.2 Å². The molecule has 1 atom stereocenters. The molecule has 0 saturated carbocycles. The largest absolute Gasteiger partial charge is 0.394 e. The maximum atomic E-state index is 12.0. The third-order valence-electron chi connectivity index (χ3n) is 2.61. The maximum Gasteiger partial charge on any atom is 0.251 e. The van der Waals surface area contributed by atoms with Crippen LogP contribution in [0.15, 0.2) is 0 Å². The molecule has 0 bridgehead atoms. The summed E-state index contributed by atoms with van der Waals surface area (Å²) >= 11 is 0. The van der Waals surface area contributed by atoms with Gasteiger partial charge in [0.1, 0.15) is 0 Å². The van der Waals surface area contributed by atoms with Gasteiger partial charge in [-0.05, 0) is 26.3 Å². The monoisotopic (exact) mass is 179 g/mol. The van der Waals surface area contributed by atoms with E-state index in [1.54, 1.807) is 4.90 Å². The number of aliphatic hydroxyl groups excluding tert-OH is 1. The summed E-state index contributed by atoms with van der Waals surface area (Å²) < 4.78 is 24.1. The number of rotatable bonds is 3. The molecule has 4 heteroatoms. The normalized spacial score (nSPS) is 31.8. The number of halogens is 2. The number of aliphatic hydroxyl groups is 1. The molecule has 2 nitrogen and oxygen atoms in total. The fourth-order valence-electron chi connectivity index (χ4n) is 1.74. The van der Waals surface area contributed by atoms with Crippen LogP contribution in [-0.4, -0.2) is 41.7 Å². The summed E-state index contributed by atoms with van der Waals surface area (Å²) in [6.45, 7) is 2.28. The molecule has 1 N–H and O–H groups in total. The molecule has 0 radical (unpaired) electrons. The molecular formula is C8H15F2NO. The van der Waals surface area contributed by atoms with Crippen LogP contribution in [0, 0.1) is 0 Å². The molecule has 0 amide bonds. The Morgan fingerprint density at radius 2 is 2.25 bits per heavy atom. The lowest BCUT2D eigenvalue weighted by Gasteiger charge is -2.33. The molecular weight excluding hydrogens is 164 g/mol. The second-order valence-electron chi connectivity index (χ2n) is 3.60. The van der Waals surface area contributed by atoms with E-state index in [1.165, 1.54) is 0 Å². The van der Waals surface area contributed by atoms with Crippen LogP contribution in [0.25, 0.3) is 0 Å². The summed E-state index contributed by atoms with van der Waals surface area (Å²) in [5, 5.41) is 9.02. The van der Waals surface area contributed by atoms with Crippen molar-refractivity contribution < 1.29 is 13.9 Å². The Morgan fingerprint density at radius 1 is 1.58 bits per heavy atom. The molecule has 0 aromatic carbocycles. The van der Waals surface area contributed by atoms with Crippen LogP contribution in [0.3, 0.4) is 0 Å². The van der Waals surface area contributed by atoms with Crippen molar-refractivity contribution in [1.82, 2.24) is 4.90 Å². The Hall–Kier alpha value is -0.220. The van der Waals surface area contributed by atoms with Crippen LogP contribution in [0.2, 0.25) is 0 Å². The second kappa shape index (κ2) is 3.66. The summed E-state index contributed by atoms with van der Waals surface area (Å²) in [6.07, 6.45) is -0.575. The van der Waals surface area contributed by atoms with Crippen molar-refractivity contribution in [2.45, 2.75) is 31.7 Å². The van der Waals surface area contributed by atoms with E-state index in [1.807, 2.05) is 6.92 Å². The fourth-order valence-corrected chi connectivity index (χ4v) is 1.74. The first kappa shape index (κ1) is 9.86. The van der Waals surface area contributed by atoms with E-state index in [0.717, 1.165) is 12.8 Å². The zero-order chi connectivity index (χ0) is 9.19. The van der Waals surface area contributed by atoms with E-state index in [0.29, 0.717) is 6.54 Å². The minimum Gasteiger partial charge on any atom is -0.394 e. The van der Waals surface area contributed by atoms with Gasteiger partial charge in [0.25, 0.3) is 6.43 Å². The highest BCUT2D eigenvalue weighted by Gasteiger charge is 2.36. The summed E-state index contributed by atoms with van der Waals surface area (Å²) in [5.74, 6) is 0. The minimum absolute atomic E-state index is 0.0281. The summed E-state index contributed by atoms with van der Waals surface area (Å²) in [4.78, 5) is 1.68. The van der Waals surface area contributed by atoms with Gasteiger partial charge >= 0.3 is 0 Å². The molecule has 1 aliphatic rings. The minimum atomic E-state index is -2.30. The molecule has 72 valence electrons. The maximum absolute atomic E-state index is 12.0. The molecule has 0 aromatic heterocycles. The number of hydrogen-bond donors (Lipinski definition) is 1. The van der Waals surface area contributed by atoms with Crippen LogP contribution < -0.4 is 0 Å². The SMILES string of the molecule is CC1(CO)CCCN1CC(F)F. The van der Waals surface area contributed by atoms with E-state index in [2.05, 4.69) is 0 Å². The average Bonchev–Trinajstić information content (AvgIpc) is 2.33. The molecule has 0 aliphatic carbocycles. The van der Waals surface area contributed by atoms with Crippen molar-refractivity contribution in [3.63, 3.8) is 0 Å². The van der Waals surface area contributed by atoms with Gasteiger partial charge in [-0.1, -0.05) is 0 Å². The predicted molar refractivity (Wildman–Crippen MR) is 42.3 cm³/mol. The van der Waals surface area contributed by atoms with Gasteiger partial charge in [-0.3, -0.25) is 4.90 Å². The van der Waals surface area contributed by atoms with E-state index in [-0.39, 0.29) is 13.2 Å². The highest BCUT2D eigenvalue weighted by molar-refractivity contribution is 4.91. The Kier molecular flexibility index (Phi) is 3.01. The molecule has 12 heavy (non-hydrogen) atoms. The van der Waals surface area contributed by atoms with E-state index < -0.39 is 12.0 Å². The van der Waals surface area contributed by atoms with Gasteiger partial charge in [0, 0.05) is 5.54 Å². The van der Waals surface area contributed by atoms with Gasteiger partial charge in [-0.25, -0.2) is 8.78 Å². The van der Waals surface area contributed by atoms with Crippen molar-refractivity contribution in [3.05, 3.63) is 0 Å². The molecule has 1 saturated heterocycles. The predicted octanol–water partition coefficient (Wildman–Crippen LogP) is 1.10. The average molecular weight is 179 g/mol. The summed E-state index contributed by atoms with van der Waals surface area (Å²) in [5.41, 5.74) is -0.406. The third kappa shape index (κ3) is 1.93. The molecule has 1 aliphatic heterocycles. The zero-order valence-corrected chi connectivity index (χ0v) is 7.26. The topological polar surface area (TPSA) is 23.5 Å². The van der Waals surface area contributed by atoms with E-state index >= 15 is 0 Å². The van der Waals surface area contributed by atoms with Gasteiger partial charge in [-0.2, -0.15) is 0 Å². The molecule has 0 spiro atoms. The third-order valence-corrected chi connectivity index (χ3v) is 2.61. The van der Waals surface area contributed by atoms with Crippen LogP contribution in [0.4, 0.5) is 8.78 Å². The summed E-state index contributed by atoms with van der Waals surface area (Å²) in [6, 6.07) is 0. The van der Waals surface area contributed by atoms with Gasteiger partial charge in [0.2, 0.25) is 0 Å². The molecule has 1 unspecified atom stereocenters. The standard InChI is InChI=1S/C8H15F2NO/c1-8(6-12)3-2-4-11(8)5-7(9)10/h7,12H,2-6H2,1H3. The van der Waals surface area contributed by atoms with Crippen LogP contribution in [0.5, 0.6) is 0 Å². The lowest BCUT2D eigenvalue weighted by Crippen LogP contribution is -2.46. The van der Waals surface area contributed by atoms with Crippen LogP contribution in [0.1, 0.15) is 19.8 Å². The lowest BCUT2D eigenvalue weighted by atomic mass is 10.0. The fraction of sp³-hybridized carbons (Fsp3) is 1.00. The van der Waals surface area contributed by atoms with Gasteiger partial charge < -0.3 is 5.11 Å². The molecule has 1 heterocycles. The first-order valence-corrected chi connectivity index (χ1v) is 4.22. The van der Waals surface area contributed by atoms with Crippen molar-refractivity contribution in [1.29, 1.82) is 0 Å². The highest BCUT2D eigenvalue weighted by Crippen LogP contribution is 2.28. The van der Waals surface area contributed by atoms with E-state index in [9.17, 15) is 8.78 Å². The molecule has 1 fully saturated rings. The highest BCUT2D eigenvalue weighted by atomic mass is 19.3. The first-order valence-electron chi connectivity index (χ1n) is 4.22. The van der Waals surface area contributed by atoms with Crippen molar-refractivity contribution in [3.8, 4) is 0 Å². The van der Waals surface area contributed by atoms with Crippen molar-refractivity contribution >= 4 is 0 Å². The molecule has 0 aromatic rings. The number of likely N-dealkylation sites (tertiary alicyclic amines) is 1. The van der Waals surface area contributed by atoms with Gasteiger partial charge in [-0.15, -0.1) is 0 Å². The molecule has 1 rings (SSSR count). The Balaban J connectivity index is 2.51. The number of nitrogens with zero attached hydrogens (tertiary/aromatic N) is 1. The second-order valence-corrected chi connectivity index (χ2v) is 3.60. The quantitative estimate of drug-likeness (QED) is 0.701. The van der Waals surface area contributed by atoms with Gasteiger partial charge in [0.15, 0.2) is 0 Å². The van der Waals surface area contributed by atoms with E-state index in [4.69, 9.17) is 5.11 Å².